The second kappa shape index (κ2) is 5.98. The third kappa shape index (κ3) is 4.01. The summed E-state index contributed by atoms with van der Waals surface area (Å²) in [5.74, 6) is -0.461. The minimum absolute atomic E-state index is 0.277. The molecule has 1 heterocycles. The maximum Gasteiger partial charge on any atom is 0.412 e. The van der Waals surface area contributed by atoms with E-state index in [1.54, 1.807) is 52.4 Å². The molecule has 6 heteroatoms. The molecule has 0 unspecified atom stereocenters. The molecule has 0 aliphatic rings. The Morgan fingerprint density at radius 1 is 1.35 bits per heavy atom. The smallest absolute Gasteiger partial charge is 0.412 e. The molecule has 0 aliphatic carbocycles. The lowest BCUT2D eigenvalue weighted by Gasteiger charge is -2.19. The molecule has 0 saturated heterocycles. The number of ether oxygens (including phenoxy) is 2. The van der Waals surface area contributed by atoms with E-state index in [-0.39, 0.29) is 6.61 Å². The number of amides is 1. The van der Waals surface area contributed by atoms with Crippen LogP contribution < -0.4 is 5.32 Å². The van der Waals surface area contributed by atoms with Crippen LogP contribution in [0.4, 0.5) is 10.5 Å². The van der Waals surface area contributed by atoms with Crippen LogP contribution in [0, 0.1) is 6.92 Å². The molecular weight excluding hydrogens is 260 g/mol. The monoisotopic (exact) mass is 282 g/mol. The third-order valence-corrected chi connectivity index (χ3v) is 2.60. The molecule has 0 saturated carbocycles. The zero-order valence-electron chi connectivity index (χ0n) is 12.9. The lowest BCUT2D eigenvalue weighted by Crippen LogP contribution is -2.27. The summed E-state index contributed by atoms with van der Waals surface area (Å²) in [4.78, 5) is 23.7. The van der Waals surface area contributed by atoms with Crippen molar-refractivity contribution in [1.82, 2.24) is 4.57 Å². The van der Waals surface area contributed by atoms with E-state index >= 15 is 0 Å². The van der Waals surface area contributed by atoms with Crippen molar-refractivity contribution in [2.75, 3.05) is 11.9 Å². The summed E-state index contributed by atoms with van der Waals surface area (Å²) in [5.41, 5.74) is 0.852. The summed E-state index contributed by atoms with van der Waals surface area (Å²) in [6, 6.07) is 0. The van der Waals surface area contributed by atoms with E-state index in [4.69, 9.17) is 9.47 Å². The Labute approximate surface area is 119 Å². The minimum atomic E-state index is -0.603. The molecule has 6 nitrogen and oxygen atoms in total. The van der Waals surface area contributed by atoms with Gasteiger partial charge in [0.25, 0.3) is 0 Å². The van der Waals surface area contributed by atoms with E-state index in [0.29, 0.717) is 11.3 Å². The number of esters is 1. The van der Waals surface area contributed by atoms with Crippen LogP contribution in [0.3, 0.4) is 0 Å². The van der Waals surface area contributed by atoms with E-state index in [1.807, 2.05) is 0 Å². The van der Waals surface area contributed by atoms with Crippen LogP contribution in [0.15, 0.2) is 6.20 Å². The molecule has 1 rings (SSSR count). The number of nitrogens with one attached hydrogen (secondary N) is 1. The standard InChI is InChI=1S/C14H22N2O4/c1-7-19-12(17)11-9(2)16(6)8-10(11)15-13(18)20-14(3,4)5/h8H,7H2,1-6H3,(H,15,18). The fourth-order valence-corrected chi connectivity index (χ4v) is 1.70. The summed E-state index contributed by atoms with van der Waals surface area (Å²) in [6.45, 7) is 9.11. The van der Waals surface area contributed by atoms with Gasteiger partial charge in [-0.25, -0.2) is 9.59 Å². The average Bonchev–Trinajstić information content (AvgIpc) is 2.51. The number of hydrogen-bond acceptors (Lipinski definition) is 4. The minimum Gasteiger partial charge on any atom is -0.462 e. The van der Waals surface area contributed by atoms with E-state index in [9.17, 15) is 9.59 Å². The number of hydrogen-bond donors (Lipinski definition) is 1. The number of aryl methyl sites for hydroxylation is 1. The molecule has 0 atom stereocenters. The lowest BCUT2D eigenvalue weighted by molar-refractivity contribution is 0.0526. The summed E-state index contributed by atoms with van der Waals surface area (Å²) in [7, 11) is 1.79. The lowest BCUT2D eigenvalue weighted by atomic mass is 10.2. The van der Waals surface area contributed by atoms with Crippen molar-refractivity contribution in [3.8, 4) is 0 Å². The number of anilines is 1. The van der Waals surface area contributed by atoms with E-state index in [2.05, 4.69) is 5.32 Å². The first-order chi connectivity index (χ1) is 9.15. The maximum atomic E-state index is 11.9. The topological polar surface area (TPSA) is 69.6 Å². The van der Waals surface area contributed by atoms with Gasteiger partial charge < -0.3 is 14.0 Å². The van der Waals surface area contributed by atoms with Gasteiger partial charge in [0.05, 0.1) is 12.3 Å². The Kier molecular flexibility index (Phi) is 4.81. The second-order valence-corrected chi connectivity index (χ2v) is 5.46. The molecule has 112 valence electrons. The molecule has 0 bridgehead atoms. The first-order valence-corrected chi connectivity index (χ1v) is 6.48. The molecule has 1 amide bonds. The Morgan fingerprint density at radius 2 is 1.95 bits per heavy atom. The molecule has 0 aliphatic heterocycles. The summed E-state index contributed by atoms with van der Waals surface area (Å²) < 4.78 is 11.9. The van der Waals surface area contributed by atoms with Gasteiger partial charge in [-0.1, -0.05) is 0 Å². The number of aromatic nitrogens is 1. The highest BCUT2D eigenvalue weighted by Crippen LogP contribution is 2.23. The zero-order valence-corrected chi connectivity index (χ0v) is 12.9. The van der Waals surface area contributed by atoms with Crippen molar-refractivity contribution in [2.24, 2.45) is 7.05 Å². The predicted octanol–water partition coefficient (Wildman–Crippen LogP) is 2.86. The largest absolute Gasteiger partial charge is 0.462 e. The van der Waals surface area contributed by atoms with Crippen molar-refractivity contribution in [1.29, 1.82) is 0 Å². The van der Waals surface area contributed by atoms with Crippen LogP contribution in [0.5, 0.6) is 0 Å². The zero-order chi connectivity index (χ0) is 15.5. The Morgan fingerprint density at radius 3 is 2.45 bits per heavy atom. The van der Waals surface area contributed by atoms with Gasteiger partial charge >= 0.3 is 12.1 Å². The van der Waals surface area contributed by atoms with Gasteiger partial charge in [-0.2, -0.15) is 0 Å². The highest BCUT2D eigenvalue weighted by Gasteiger charge is 2.23. The molecule has 20 heavy (non-hydrogen) atoms. The van der Waals surface area contributed by atoms with Crippen molar-refractivity contribution in [3.63, 3.8) is 0 Å². The SMILES string of the molecule is CCOC(=O)c1c(NC(=O)OC(C)(C)C)cn(C)c1C. The first kappa shape index (κ1) is 16.1. The van der Waals surface area contributed by atoms with Crippen LogP contribution >= 0.6 is 0 Å². The van der Waals surface area contributed by atoms with Gasteiger partial charge in [0, 0.05) is 18.9 Å². The molecule has 0 fully saturated rings. The van der Waals surface area contributed by atoms with Crippen LogP contribution in [0.1, 0.15) is 43.7 Å². The molecule has 0 radical (unpaired) electrons. The van der Waals surface area contributed by atoms with Gasteiger partial charge in [-0.3, -0.25) is 5.32 Å². The van der Waals surface area contributed by atoms with E-state index in [1.165, 1.54) is 0 Å². The third-order valence-electron chi connectivity index (χ3n) is 2.60. The second-order valence-electron chi connectivity index (χ2n) is 5.46. The van der Waals surface area contributed by atoms with Gasteiger partial charge in [-0.05, 0) is 34.6 Å². The average molecular weight is 282 g/mol. The quantitative estimate of drug-likeness (QED) is 0.865. The van der Waals surface area contributed by atoms with E-state index < -0.39 is 17.7 Å². The number of carbonyl (C=O) groups excluding carboxylic acids is 2. The van der Waals surface area contributed by atoms with Crippen LogP contribution in [0.25, 0.3) is 0 Å². The van der Waals surface area contributed by atoms with Crippen molar-refractivity contribution >= 4 is 17.7 Å². The molecule has 1 N–H and O–H groups in total. The van der Waals surface area contributed by atoms with Crippen LogP contribution in [0.2, 0.25) is 0 Å². The van der Waals surface area contributed by atoms with E-state index in [0.717, 1.165) is 5.69 Å². The molecule has 0 spiro atoms. The van der Waals surface area contributed by atoms with Crippen LogP contribution in [-0.4, -0.2) is 28.8 Å². The van der Waals surface area contributed by atoms with Crippen molar-refractivity contribution in [3.05, 3.63) is 17.5 Å². The molecule has 1 aromatic heterocycles. The molecular formula is C14H22N2O4. The van der Waals surface area contributed by atoms with Gasteiger partial charge in [-0.15, -0.1) is 0 Å². The van der Waals surface area contributed by atoms with Gasteiger partial charge in [0.1, 0.15) is 11.2 Å². The van der Waals surface area contributed by atoms with Crippen molar-refractivity contribution < 1.29 is 19.1 Å². The maximum absolute atomic E-state index is 11.9. The van der Waals surface area contributed by atoms with Gasteiger partial charge in [0.2, 0.25) is 0 Å². The van der Waals surface area contributed by atoms with Crippen molar-refractivity contribution in [2.45, 2.75) is 40.2 Å². The summed E-state index contributed by atoms with van der Waals surface area (Å²) >= 11 is 0. The Hall–Kier alpha value is -1.98. The highest BCUT2D eigenvalue weighted by atomic mass is 16.6. The normalized spacial score (nSPS) is 11.1. The Bertz CT molecular complexity index is 512. The fraction of sp³-hybridized carbons (Fsp3) is 0.571. The molecule has 1 aromatic rings. The summed E-state index contributed by atoms with van der Waals surface area (Å²) in [5, 5.41) is 2.59. The number of rotatable bonds is 3. The first-order valence-electron chi connectivity index (χ1n) is 6.48. The summed E-state index contributed by atoms with van der Waals surface area (Å²) in [6.07, 6.45) is 1.06. The van der Waals surface area contributed by atoms with Crippen LogP contribution in [-0.2, 0) is 16.5 Å². The highest BCUT2D eigenvalue weighted by molar-refractivity contribution is 6.01. The number of carbonyl (C=O) groups is 2. The molecule has 0 aromatic carbocycles. The van der Waals surface area contributed by atoms with Gasteiger partial charge in [0.15, 0.2) is 0 Å². The fourth-order valence-electron chi connectivity index (χ4n) is 1.70. The number of nitrogens with zero attached hydrogens (tertiary/aromatic N) is 1. The Balaban J connectivity index is 2.98. The predicted molar refractivity (Wildman–Crippen MR) is 76.0 cm³/mol.